The fourth-order valence-corrected chi connectivity index (χ4v) is 1.15. The van der Waals surface area contributed by atoms with Gasteiger partial charge in [0.1, 0.15) is 5.75 Å². The van der Waals surface area contributed by atoms with E-state index in [1.165, 1.54) is 0 Å². The number of esters is 1. The van der Waals surface area contributed by atoms with Crippen LogP contribution in [0.1, 0.15) is 29.3 Å². The summed E-state index contributed by atoms with van der Waals surface area (Å²) in [6.07, 6.45) is 2.49. The van der Waals surface area contributed by atoms with Crippen molar-refractivity contribution in [3.63, 3.8) is 0 Å². The summed E-state index contributed by atoms with van der Waals surface area (Å²) in [6, 6.07) is 5.03. The first-order valence-corrected chi connectivity index (χ1v) is 4.64. The van der Waals surface area contributed by atoms with E-state index in [-0.39, 0.29) is 18.1 Å². The van der Waals surface area contributed by atoms with Gasteiger partial charge in [-0.2, -0.15) is 0 Å². The van der Waals surface area contributed by atoms with E-state index in [4.69, 9.17) is 4.74 Å². The molecule has 78 valence electrons. The highest BCUT2D eigenvalue weighted by Gasteiger charge is 2.09. The number of carbonyl (C=O) groups is 2. The molecule has 0 aliphatic rings. The first kappa shape index (κ1) is 11.2. The zero-order valence-corrected chi connectivity index (χ0v) is 8.53. The van der Waals surface area contributed by atoms with E-state index in [9.17, 15) is 9.59 Å². The number of rotatable bonds is 4. The van der Waals surface area contributed by atoms with Gasteiger partial charge in [0.05, 0.1) is 5.56 Å². The smallest absolute Gasteiger partial charge is 0.310 e. The second-order valence-corrected chi connectivity index (χ2v) is 2.91. The van der Waals surface area contributed by atoms with Crippen LogP contribution in [0, 0.1) is 0 Å². The Morgan fingerprint density at radius 2 is 2.27 bits per heavy atom. The summed E-state index contributed by atoms with van der Waals surface area (Å²) in [5.41, 5.74) is 1.01. The Morgan fingerprint density at radius 3 is 2.80 bits per heavy atom. The van der Waals surface area contributed by atoms with Gasteiger partial charge in [0.25, 0.3) is 0 Å². The van der Waals surface area contributed by atoms with E-state index in [1.54, 1.807) is 31.2 Å². The second-order valence-electron chi connectivity index (χ2n) is 2.91. The molecule has 0 spiro atoms. The molecule has 0 aromatic heterocycles. The minimum Gasteiger partial charge on any atom is -0.426 e. The summed E-state index contributed by atoms with van der Waals surface area (Å²) in [6.45, 7) is 5.28. The average molecular weight is 204 g/mol. The Balaban J connectivity index is 3.11. The van der Waals surface area contributed by atoms with Crippen molar-refractivity contribution in [3.05, 3.63) is 35.9 Å². The van der Waals surface area contributed by atoms with Gasteiger partial charge in [-0.15, -0.1) is 0 Å². The third-order valence-electron chi connectivity index (χ3n) is 1.95. The van der Waals surface area contributed by atoms with Crippen LogP contribution in [-0.2, 0) is 4.79 Å². The lowest BCUT2D eigenvalue weighted by Crippen LogP contribution is -2.07. The van der Waals surface area contributed by atoms with E-state index in [1.807, 2.05) is 0 Å². The van der Waals surface area contributed by atoms with Gasteiger partial charge in [-0.3, -0.25) is 9.59 Å². The van der Waals surface area contributed by atoms with Crippen molar-refractivity contribution < 1.29 is 14.3 Å². The topological polar surface area (TPSA) is 43.4 Å². The average Bonchev–Trinajstić information content (AvgIpc) is 2.28. The van der Waals surface area contributed by atoms with Crippen molar-refractivity contribution in [2.75, 3.05) is 0 Å². The van der Waals surface area contributed by atoms with Crippen LogP contribution < -0.4 is 4.74 Å². The highest BCUT2D eigenvalue weighted by atomic mass is 16.5. The molecular formula is C12H12O3. The van der Waals surface area contributed by atoms with Gasteiger partial charge in [-0.05, 0) is 11.6 Å². The predicted molar refractivity (Wildman–Crippen MR) is 57.8 cm³/mol. The van der Waals surface area contributed by atoms with Crippen LogP contribution in [-0.4, -0.2) is 12.3 Å². The molecule has 0 unspecified atom stereocenters. The Hall–Kier alpha value is -1.90. The third kappa shape index (κ3) is 2.53. The summed E-state index contributed by atoms with van der Waals surface area (Å²) in [7, 11) is 0. The van der Waals surface area contributed by atoms with E-state index < -0.39 is 0 Å². The zero-order valence-electron chi connectivity index (χ0n) is 8.53. The lowest BCUT2D eigenvalue weighted by molar-refractivity contribution is -0.134. The molecule has 0 radical (unpaired) electrons. The van der Waals surface area contributed by atoms with Crippen LogP contribution in [0.3, 0.4) is 0 Å². The highest BCUT2D eigenvalue weighted by Crippen LogP contribution is 2.21. The van der Waals surface area contributed by atoms with Gasteiger partial charge < -0.3 is 4.74 Å². The molecule has 0 saturated carbocycles. The number of ether oxygens (including phenoxy) is 1. The van der Waals surface area contributed by atoms with Crippen LogP contribution in [0.5, 0.6) is 5.75 Å². The van der Waals surface area contributed by atoms with Gasteiger partial charge in [0, 0.05) is 6.42 Å². The highest BCUT2D eigenvalue weighted by molar-refractivity contribution is 5.87. The molecule has 1 rings (SSSR count). The molecule has 0 heterocycles. The fraction of sp³-hybridized carbons (Fsp3) is 0.167. The maximum atomic E-state index is 11.1. The molecule has 0 N–H and O–H groups in total. The number of hydrogen-bond acceptors (Lipinski definition) is 3. The Kier molecular flexibility index (Phi) is 3.80. The van der Waals surface area contributed by atoms with E-state index >= 15 is 0 Å². The monoisotopic (exact) mass is 204 g/mol. The number of hydrogen-bond donors (Lipinski definition) is 0. The number of carbonyl (C=O) groups excluding carboxylic acids is 2. The largest absolute Gasteiger partial charge is 0.426 e. The van der Waals surface area contributed by atoms with Crippen molar-refractivity contribution in [3.8, 4) is 5.75 Å². The van der Waals surface area contributed by atoms with Crippen LogP contribution in [0.15, 0.2) is 24.8 Å². The maximum absolute atomic E-state index is 11.1. The SMILES string of the molecule is C=Cc1cccc(OC(=O)CC)c1C=O. The molecule has 0 aliphatic heterocycles. The zero-order chi connectivity index (χ0) is 11.3. The lowest BCUT2D eigenvalue weighted by atomic mass is 10.1. The first-order chi connectivity index (χ1) is 7.22. The molecule has 1 aromatic carbocycles. The van der Waals surface area contributed by atoms with Gasteiger partial charge in [0.2, 0.25) is 0 Å². The van der Waals surface area contributed by atoms with E-state index in [2.05, 4.69) is 6.58 Å². The second kappa shape index (κ2) is 5.10. The van der Waals surface area contributed by atoms with E-state index in [0.29, 0.717) is 17.4 Å². The number of benzene rings is 1. The molecule has 1 aromatic rings. The minimum atomic E-state index is -0.362. The van der Waals surface area contributed by atoms with Crippen molar-refractivity contribution >= 4 is 18.3 Å². The van der Waals surface area contributed by atoms with Crippen molar-refractivity contribution in [1.82, 2.24) is 0 Å². The molecule has 3 heteroatoms. The molecular weight excluding hydrogens is 192 g/mol. The summed E-state index contributed by atoms with van der Waals surface area (Å²) >= 11 is 0. The summed E-state index contributed by atoms with van der Waals surface area (Å²) < 4.78 is 5.01. The Labute approximate surface area is 88.4 Å². The van der Waals surface area contributed by atoms with Crippen LogP contribution in [0.4, 0.5) is 0 Å². The van der Waals surface area contributed by atoms with Crippen LogP contribution >= 0.6 is 0 Å². The van der Waals surface area contributed by atoms with Gasteiger partial charge in [-0.25, -0.2) is 0 Å². The predicted octanol–water partition coefficient (Wildman–Crippen LogP) is 2.46. The third-order valence-corrected chi connectivity index (χ3v) is 1.95. The number of aldehydes is 1. The summed E-state index contributed by atoms with van der Waals surface area (Å²) in [5, 5.41) is 0. The molecule has 0 bridgehead atoms. The quantitative estimate of drug-likeness (QED) is 0.430. The lowest BCUT2D eigenvalue weighted by Gasteiger charge is -2.07. The summed E-state index contributed by atoms with van der Waals surface area (Å²) in [4.78, 5) is 21.9. The standard InChI is InChI=1S/C12H12O3/c1-3-9-6-5-7-11(10(9)8-13)15-12(14)4-2/h3,5-8H,1,4H2,2H3. The van der Waals surface area contributed by atoms with Gasteiger partial charge >= 0.3 is 5.97 Å². The first-order valence-electron chi connectivity index (χ1n) is 4.64. The normalized spacial score (nSPS) is 9.40. The van der Waals surface area contributed by atoms with Gasteiger partial charge in [-0.1, -0.05) is 31.7 Å². The maximum Gasteiger partial charge on any atom is 0.310 e. The van der Waals surface area contributed by atoms with E-state index in [0.717, 1.165) is 0 Å². The molecule has 3 nitrogen and oxygen atoms in total. The van der Waals surface area contributed by atoms with Crippen molar-refractivity contribution in [2.24, 2.45) is 0 Å². The molecule has 0 aliphatic carbocycles. The van der Waals surface area contributed by atoms with Crippen molar-refractivity contribution in [2.45, 2.75) is 13.3 Å². The molecule has 15 heavy (non-hydrogen) atoms. The Bertz CT molecular complexity index is 394. The molecule has 0 atom stereocenters. The molecule has 0 saturated heterocycles. The van der Waals surface area contributed by atoms with Crippen LogP contribution in [0.2, 0.25) is 0 Å². The fourth-order valence-electron chi connectivity index (χ4n) is 1.15. The molecule has 0 fully saturated rings. The minimum absolute atomic E-state index is 0.274. The summed E-state index contributed by atoms with van der Waals surface area (Å²) in [5.74, 6) is -0.0754. The Morgan fingerprint density at radius 1 is 1.53 bits per heavy atom. The van der Waals surface area contributed by atoms with Crippen molar-refractivity contribution in [1.29, 1.82) is 0 Å². The van der Waals surface area contributed by atoms with Crippen LogP contribution in [0.25, 0.3) is 6.08 Å². The molecule has 0 amide bonds. The van der Waals surface area contributed by atoms with Gasteiger partial charge in [0.15, 0.2) is 6.29 Å².